The van der Waals surface area contributed by atoms with E-state index in [1.54, 1.807) is 73.6 Å². The van der Waals surface area contributed by atoms with Crippen molar-refractivity contribution in [2.45, 2.75) is 250 Å². The number of hydrogen-bond acceptors (Lipinski definition) is 24. The smallest absolute Gasteiger partial charge is 0.229 e. The summed E-state index contributed by atoms with van der Waals surface area (Å²) in [5.74, 6) is 5.29. The second-order valence-electron chi connectivity index (χ2n) is 36.6. The maximum atomic E-state index is 11.7. The van der Waals surface area contributed by atoms with Gasteiger partial charge in [0.2, 0.25) is 17.5 Å². The molecule has 20 heterocycles. The normalized spacial score (nSPS) is 10.6. The Bertz CT molecular complexity index is 6810. The minimum Gasteiger partial charge on any atom is -0.421 e. The molecule has 149 heavy (non-hydrogen) atoms. The monoisotopic (exact) mass is 2000 g/mol. The number of ether oxygens (including phenoxy) is 1. The van der Waals surface area contributed by atoms with Crippen molar-refractivity contribution in [3.63, 3.8) is 0 Å². The van der Waals surface area contributed by atoms with Crippen LogP contribution in [0.15, 0.2) is 274 Å². The van der Waals surface area contributed by atoms with Crippen molar-refractivity contribution in [2.75, 3.05) is 0 Å². The van der Waals surface area contributed by atoms with E-state index in [2.05, 4.69) is 232 Å². The summed E-state index contributed by atoms with van der Waals surface area (Å²) < 4.78 is 27.0. The summed E-state index contributed by atoms with van der Waals surface area (Å²) in [5.41, 5.74) is 26.2. The zero-order valence-electron chi connectivity index (χ0n) is 90.5. The van der Waals surface area contributed by atoms with E-state index < -0.39 is 0 Å². The number of ketones is 1. The van der Waals surface area contributed by atoms with Gasteiger partial charge >= 0.3 is 0 Å². The van der Waals surface area contributed by atoms with Gasteiger partial charge in [0.25, 0.3) is 0 Å². The summed E-state index contributed by atoms with van der Waals surface area (Å²) in [6, 6.07) is 70.4. The Morgan fingerprint density at radius 2 is 0.611 bits per heavy atom. The van der Waals surface area contributed by atoms with Crippen LogP contribution in [0.1, 0.15) is 216 Å². The molecule has 0 N–H and O–H groups in total. The maximum Gasteiger partial charge on any atom is 0.229 e. The van der Waals surface area contributed by atoms with Crippen molar-refractivity contribution in [1.29, 1.82) is 0 Å². The van der Waals surface area contributed by atoms with Crippen LogP contribution < -0.4 is 4.74 Å². The molecule has 0 saturated carbocycles. The molecule has 20 aromatic rings. The van der Waals surface area contributed by atoms with Gasteiger partial charge in [-0.15, -0.1) is 0 Å². The predicted molar refractivity (Wildman–Crippen MR) is 580 cm³/mol. The lowest BCUT2D eigenvalue weighted by atomic mass is 10.1. The van der Waals surface area contributed by atoms with E-state index in [0.717, 1.165) is 166 Å². The standard InChI is InChI=1S/C15H21N3.C13H20N4.C13H14N2.C12H18N4.C12H12N2O.C11H16N4.C11H8N2O.C11H10N2.C9H14N6.C7H8N4/c1-11(2)14-9-15(12(3)4)18(17-14)10-13-7-5-6-8-16-13;1-10-8-12(3)16(14-10)6-5-7-17-13(4)9-11(2)15-17;1-10-5-3-7-12(14-10)9-13-8-4-6-11(2)15-13;1-9-7-11(3)15(13-9)5-6-16-12(4)8-10(2)14-16;1-9-5-3-7-11(13-9)15-12-8-4-6-10(2)14-12;1-8-5-10(3)14(12-8)7-15-11(4)6-9(2)13-15;14-11(9-5-1-3-7-12-9)10-6-2-4-8-13-10;1-3-7-12-10(5-1)9-11-6-2-4-8-13-11;1-6-10-8(3)14(12-6)5-15-9(4)11-7(2)13-15;1-3-8-10(5-1)7-11-6-2-4-9-11/h5-9,11-12H,10H2,1-4H3;8-9H,5-7H2,1-4H3;3-8H,9H2,1-2H3;7-8H,5-6H2,1-4H3;3-8H,1-2H3;5-6H,7H2,1-4H3;1-8H;1-8H,9H2;5H2,1-4H3;1-6H,7H2. The van der Waals surface area contributed by atoms with E-state index >= 15 is 0 Å². The van der Waals surface area contributed by atoms with E-state index in [4.69, 9.17) is 9.84 Å². The van der Waals surface area contributed by atoms with Crippen LogP contribution in [-0.4, -0.2) is 168 Å². The summed E-state index contributed by atoms with van der Waals surface area (Å²) in [4.78, 5) is 58.3. The average molecular weight is 2010 g/mol. The summed E-state index contributed by atoms with van der Waals surface area (Å²) >= 11 is 0. The molecular weight excluding hydrogens is 1860 g/mol. The lowest BCUT2D eigenvalue weighted by molar-refractivity contribution is 0.102. The molecule has 0 saturated heterocycles. The molecule has 0 bridgehead atoms. The summed E-state index contributed by atoms with van der Waals surface area (Å²) in [6.45, 7) is 55.2. The maximum absolute atomic E-state index is 11.7. The SMILES string of the molecule is CC(C)c1cc(C(C)C)n(Cc2ccccn2)n1.Cc1cc(C)n(CCCn2nc(C)cc2C)n1.Cc1cc(C)n(CCn2nc(C)cc2C)n1.Cc1cc(C)n(Cn2nc(C)cc2C)n1.Cc1cccc(Cc2cccc(C)n2)n1.Cc1cccc(Oc2cccc(C)n2)n1.Cc1nc(C)n(Cn2nc(C)nc2C)n1.O=C(c1ccccn1)c1ccccn1.c1ccc(Cc2ccccn2)nc1.c1cnn(Cn2cccn2)c1. The molecule has 0 radical (unpaired) electrons. The van der Waals surface area contributed by atoms with Crippen molar-refractivity contribution in [3.05, 3.63) is 440 Å². The predicted octanol–water partition coefficient (Wildman–Crippen LogP) is 20.3. The topological polar surface area (TPSA) is 364 Å². The van der Waals surface area contributed by atoms with E-state index in [-0.39, 0.29) is 5.78 Å². The van der Waals surface area contributed by atoms with Gasteiger partial charge in [-0.2, -0.15) is 56.1 Å². The van der Waals surface area contributed by atoms with Gasteiger partial charge < -0.3 is 4.74 Å². The van der Waals surface area contributed by atoms with Crippen LogP contribution >= 0.6 is 0 Å². The Balaban J connectivity index is 0.000000157. The minimum atomic E-state index is -0.147. The molecule has 0 aliphatic carbocycles. The number of pyridine rings is 9. The van der Waals surface area contributed by atoms with Crippen LogP contribution in [0.2, 0.25) is 0 Å². The lowest BCUT2D eigenvalue weighted by Gasteiger charge is -2.09. The highest BCUT2D eigenvalue weighted by Crippen LogP contribution is 2.23. The molecule has 35 nitrogen and oxygen atoms in total. The number of carbonyl (C=O) groups is 1. The van der Waals surface area contributed by atoms with E-state index in [9.17, 15) is 4.79 Å². The molecule has 0 aliphatic heterocycles. The van der Waals surface area contributed by atoms with Gasteiger partial charge in [-0.25, -0.2) is 38.7 Å². The summed E-state index contributed by atoms with van der Waals surface area (Å²) in [6.07, 6.45) is 18.6. The Labute approximate surface area is 874 Å². The highest BCUT2D eigenvalue weighted by atomic mass is 16.5. The van der Waals surface area contributed by atoms with Crippen LogP contribution in [-0.2, 0) is 65.6 Å². The molecule has 0 aliphatic rings. The fourth-order valence-corrected chi connectivity index (χ4v) is 15.5. The van der Waals surface area contributed by atoms with Gasteiger partial charge in [0.05, 0.1) is 65.2 Å². The molecule has 0 spiro atoms. The third-order valence-electron chi connectivity index (χ3n) is 22.6. The quantitative estimate of drug-likeness (QED) is 0.0480. The first kappa shape index (κ1) is 112. The number of hydrogen-bond donors (Lipinski definition) is 0. The Morgan fingerprint density at radius 3 is 0.919 bits per heavy atom. The first-order chi connectivity index (χ1) is 71.6. The third-order valence-corrected chi connectivity index (χ3v) is 22.6. The molecule has 0 amide bonds. The Hall–Kier alpha value is -17.0. The van der Waals surface area contributed by atoms with Crippen molar-refractivity contribution < 1.29 is 9.53 Å². The minimum absolute atomic E-state index is 0.147. The second kappa shape index (κ2) is 57.0. The van der Waals surface area contributed by atoms with Crippen LogP contribution in [0, 0.1) is 138 Å². The van der Waals surface area contributed by atoms with Gasteiger partial charge in [-0.05, 0) is 308 Å². The number of carbonyl (C=O) groups excluding carboxylic acids is 1. The van der Waals surface area contributed by atoms with E-state index in [1.165, 1.54) is 39.9 Å². The van der Waals surface area contributed by atoms with E-state index in [1.807, 2.05) is 293 Å². The first-order valence-electron chi connectivity index (χ1n) is 49.9. The molecule has 774 valence electrons. The van der Waals surface area contributed by atoms with Crippen molar-refractivity contribution in [3.8, 4) is 11.8 Å². The average Bonchev–Trinajstić information content (AvgIpc) is 1.71. The molecule has 0 fully saturated rings. The van der Waals surface area contributed by atoms with E-state index in [0.29, 0.717) is 55.0 Å². The number of aromatic nitrogens is 33. The van der Waals surface area contributed by atoms with Gasteiger partial charge in [0.15, 0.2) is 0 Å². The molecule has 35 heteroatoms. The molecular formula is C114H141N33O2. The Kier molecular flexibility index (Phi) is 43.0. The highest BCUT2D eigenvalue weighted by Gasteiger charge is 2.17. The molecule has 20 rings (SSSR count). The second-order valence-corrected chi connectivity index (χ2v) is 36.6. The van der Waals surface area contributed by atoms with Crippen molar-refractivity contribution >= 4 is 5.78 Å². The fourth-order valence-electron chi connectivity index (χ4n) is 15.5. The molecule has 0 aromatic carbocycles. The van der Waals surface area contributed by atoms with Gasteiger partial charge in [-0.3, -0.25) is 72.5 Å². The van der Waals surface area contributed by atoms with Crippen LogP contribution in [0.4, 0.5) is 0 Å². The summed E-state index contributed by atoms with van der Waals surface area (Å²) in [5, 5.41) is 48.0. The largest absolute Gasteiger partial charge is 0.421 e. The van der Waals surface area contributed by atoms with Gasteiger partial charge in [0, 0.05) is 179 Å². The molecule has 0 atom stereocenters. The third kappa shape index (κ3) is 37.8. The van der Waals surface area contributed by atoms with Crippen LogP contribution in [0.3, 0.4) is 0 Å². The van der Waals surface area contributed by atoms with Crippen LogP contribution in [0.25, 0.3) is 0 Å². The van der Waals surface area contributed by atoms with Gasteiger partial charge in [0.1, 0.15) is 54.7 Å². The van der Waals surface area contributed by atoms with Crippen molar-refractivity contribution in [1.82, 2.24) is 162 Å². The highest BCUT2D eigenvalue weighted by molar-refractivity contribution is 6.06. The zero-order valence-corrected chi connectivity index (χ0v) is 90.5. The van der Waals surface area contributed by atoms with Crippen LogP contribution in [0.5, 0.6) is 11.8 Å². The Morgan fingerprint density at radius 1 is 0.275 bits per heavy atom. The van der Waals surface area contributed by atoms with Crippen molar-refractivity contribution in [2.24, 2.45) is 0 Å². The zero-order chi connectivity index (χ0) is 107. The number of aryl methyl sites for hydroxylation is 24. The number of nitrogens with zero attached hydrogens (tertiary/aromatic N) is 33. The molecule has 0 unspecified atom stereocenters. The fraction of sp³-hybridized carbons (Fsp3) is 0.325. The van der Waals surface area contributed by atoms with Gasteiger partial charge in [-0.1, -0.05) is 82.3 Å². The molecule has 20 aromatic heterocycles. The number of rotatable bonds is 25. The first-order valence-corrected chi connectivity index (χ1v) is 49.9. The summed E-state index contributed by atoms with van der Waals surface area (Å²) in [7, 11) is 0. The lowest BCUT2D eigenvalue weighted by Crippen LogP contribution is -2.13.